The minimum Gasteiger partial charge on any atom is -0.306 e. The lowest BCUT2D eigenvalue weighted by molar-refractivity contribution is -0.384. The fourth-order valence-corrected chi connectivity index (χ4v) is 2.49. The van der Waals surface area contributed by atoms with Crippen LogP contribution < -0.4 is 4.90 Å². The zero-order valence-corrected chi connectivity index (χ0v) is 11.2. The number of nitrogens with zero attached hydrogens (tertiary/aromatic N) is 3. The van der Waals surface area contributed by atoms with Crippen LogP contribution in [0.3, 0.4) is 0 Å². The maximum absolute atomic E-state index is 12.1. The van der Waals surface area contributed by atoms with Crippen molar-refractivity contribution >= 4 is 17.3 Å². The maximum Gasteiger partial charge on any atom is 0.269 e. The normalized spacial score (nSPS) is 13.9. The number of benzene rings is 1. The highest BCUT2D eigenvalue weighted by atomic mass is 16.6. The van der Waals surface area contributed by atoms with Gasteiger partial charge >= 0.3 is 0 Å². The lowest BCUT2D eigenvalue weighted by Crippen LogP contribution is -2.34. The molecule has 0 spiro atoms. The fraction of sp³-hybridized carbons (Fsp3) is 0.200. The van der Waals surface area contributed by atoms with Crippen molar-refractivity contribution in [1.29, 1.82) is 0 Å². The van der Waals surface area contributed by atoms with Gasteiger partial charge in [0, 0.05) is 30.4 Å². The first-order chi connectivity index (χ1) is 10.1. The highest BCUT2D eigenvalue weighted by Gasteiger charge is 2.26. The largest absolute Gasteiger partial charge is 0.306 e. The maximum atomic E-state index is 12.1. The highest BCUT2D eigenvalue weighted by Crippen LogP contribution is 2.31. The molecule has 1 aliphatic heterocycles. The summed E-state index contributed by atoms with van der Waals surface area (Å²) in [4.78, 5) is 28.4. The molecule has 2 aromatic rings. The number of carbonyl (C=O) groups is 1. The van der Waals surface area contributed by atoms with Crippen LogP contribution in [0.2, 0.25) is 0 Å². The number of fused-ring (bicyclic) bond motifs is 1. The molecule has 0 atom stereocenters. The van der Waals surface area contributed by atoms with Crippen molar-refractivity contribution in [3.8, 4) is 0 Å². The summed E-state index contributed by atoms with van der Waals surface area (Å²) in [6.45, 7) is 0.379. The molecule has 2 heterocycles. The Kier molecular flexibility index (Phi) is 3.35. The van der Waals surface area contributed by atoms with Crippen LogP contribution in [0.25, 0.3) is 0 Å². The molecule has 0 bridgehead atoms. The molecular formula is C15H13N3O3. The van der Waals surface area contributed by atoms with Crippen molar-refractivity contribution in [3.63, 3.8) is 0 Å². The van der Waals surface area contributed by atoms with E-state index in [1.54, 1.807) is 23.2 Å². The van der Waals surface area contributed by atoms with Crippen molar-refractivity contribution in [1.82, 2.24) is 4.98 Å². The van der Waals surface area contributed by atoms with E-state index in [0.29, 0.717) is 19.4 Å². The molecule has 0 saturated heterocycles. The van der Waals surface area contributed by atoms with E-state index in [1.807, 2.05) is 18.2 Å². The van der Waals surface area contributed by atoms with Crippen LogP contribution in [0.4, 0.5) is 11.4 Å². The van der Waals surface area contributed by atoms with Gasteiger partial charge in [-0.3, -0.25) is 19.9 Å². The molecule has 6 heteroatoms. The van der Waals surface area contributed by atoms with E-state index in [2.05, 4.69) is 4.98 Å². The molecule has 0 unspecified atom stereocenters. The second-order valence-electron chi connectivity index (χ2n) is 4.87. The first-order valence-corrected chi connectivity index (χ1v) is 6.63. The number of amides is 1. The summed E-state index contributed by atoms with van der Waals surface area (Å²) in [6.07, 6.45) is 2.58. The Bertz CT molecular complexity index is 701. The molecule has 1 amide bonds. The van der Waals surface area contributed by atoms with Gasteiger partial charge < -0.3 is 4.90 Å². The third-order valence-electron chi connectivity index (χ3n) is 3.52. The molecule has 1 aromatic heterocycles. The number of hydrogen-bond acceptors (Lipinski definition) is 4. The molecule has 0 aliphatic carbocycles. The SMILES string of the molecule is O=C1CCc2cc([N+](=O)[O-])ccc2N1Cc1ccccn1. The third-order valence-corrected chi connectivity index (χ3v) is 3.52. The molecule has 3 rings (SSSR count). The summed E-state index contributed by atoms with van der Waals surface area (Å²) in [5, 5.41) is 10.8. The van der Waals surface area contributed by atoms with Gasteiger partial charge in [-0.1, -0.05) is 6.07 Å². The number of non-ortho nitro benzene ring substituents is 1. The van der Waals surface area contributed by atoms with Crippen LogP contribution >= 0.6 is 0 Å². The minimum absolute atomic E-state index is 0.0157. The van der Waals surface area contributed by atoms with Gasteiger partial charge in [0.1, 0.15) is 0 Å². The Balaban J connectivity index is 1.95. The lowest BCUT2D eigenvalue weighted by atomic mass is 10.00. The number of nitro benzene ring substituents is 1. The molecular weight excluding hydrogens is 270 g/mol. The van der Waals surface area contributed by atoms with E-state index in [4.69, 9.17) is 0 Å². The zero-order valence-electron chi connectivity index (χ0n) is 11.2. The van der Waals surface area contributed by atoms with Crippen LogP contribution in [-0.2, 0) is 17.8 Å². The first kappa shape index (κ1) is 13.2. The topological polar surface area (TPSA) is 76.3 Å². The molecule has 6 nitrogen and oxygen atoms in total. The molecule has 21 heavy (non-hydrogen) atoms. The molecule has 1 aliphatic rings. The van der Waals surface area contributed by atoms with E-state index in [1.165, 1.54) is 6.07 Å². The first-order valence-electron chi connectivity index (χ1n) is 6.63. The van der Waals surface area contributed by atoms with E-state index >= 15 is 0 Å². The summed E-state index contributed by atoms with van der Waals surface area (Å²) >= 11 is 0. The Morgan fingerprint density at radius 2 is 2.10 bits per heavy atom. The number of carbonyl (C=O) groups excluding carboxylic acids is 1. The highest BCUT2D eigenvalue weighted by molar-refractivity contribution is 5.96. The smallest absolute Gasteiger partial charge is 0.269 e. The average molecular weight is 283 g/mol. The van der Waals surface area contributed by atoms with E-state index in [9.17, 15) is 14.9 Å². The summed E-state index contributed by atoms with van der Waals surface area (Å²) < 4.78 is 0. The Labute approximate surface area is 121 Å². The second kappa shape index (κ2) is 5.32. The van der Waals surface area contributed by atoms with Crippen LogP contribution in [0.5, 0.6) is 0 Å². The molecule has 0 N–H and O–H groups in total. The van der Waals surface area contributed by atoms with E-state index < -0.39 is 4.92 Å². The van der Waals surface area contributed by atoms with E-state index in [-0.39, 0.29) is 11.6 Å². The number of aromatic nitrogens is 1. The van der Waals surface area contributed by atoms with Crippen LogP contribution in [0.1, 0.15) is 17.7 Å². The number of anilines is 1. The molecule has 106 valence electrons. The van der Waals surface area contributed by atoms with Crippen molar-refractivity contribution < 1.29 is 9.72 Å². The van der Waals surface area contributed by atoms with Crippen LogP contribution in [0.15, 0.2) is 42.6 Å². The number of hydrogen-bond donors (Lipinski definition) is 0. The Morgan fingerprint density at radius 1 is 1.24 bits per heavy atom. The third kappa shape index (κ3) is 2.60. The van der Waals surface area contributed by atoms with Gasteiger partial charge in [0.2, 0.25) is 5.91 Å². The molecule has 0 radical (unpaired) electrons. The number of rotatable bonds is 3. The summed E-state index contributed by atoms with van der Waals surface area (Å²) in [5.41, 5.74) is 2.42. The number of nitro groups is 1. The van der Waals surface area contributed by atoms with Gasteiger partial charge in [-0.2, -0.15) is 0 Å². The number of pyridine rings is 1. The van der Waals surface area contributed by atoms with Crippen molar-refractivity contribution in [2.24, 2.45) is 0 Å². The van der Waals surface area contributed by atoms with Crippen molar-refractivity contribution in [2.45, 2.75) is 19.4 Å². The molecule has 0 fully saturated rings. The Morgan fingerprint density at radius 3 is 2.81 bits per heavy atom. The van der Waals surface area contributed by atoms with Crippen LogP contribution in [-0.4, -0.2) is 15.8 Å². The molecule has 0 saturated carbocycles. The van der Waals surface area contributed by atoms with Gasteiger partial charge in [-0.05, 0) is 30.2 Å². The molecule has 1 aromatic carbocycles. The standard InChI is InChI=1S/C15H13N3O3/c19-15-7-4-11-9-13(18(20)21)5-6-14(11)17(15)10-12-3-1-2-8-16-12/h1-3,5-6,8-9H,4,7,10H2. The fourth-order valence-electron chi connectivity index (χ4n) is 2.49. The zero-order chi connectivity index (χ0) is 14.8. The predicted octanol–water partition coefficient (Wildman–Crippen LogP) is 2.47. The summed E-state index contributed by atoms with van der Waals surface area (Å²) in [7, 11) is 0. The minimum atomic E-state index is -0.417. The Hall–Kier alpha value is -2.76. The number of aryl methyl sites for hydroxylation is 1. The van der Waals surface area contributed by atoms with E-state index in [0.717, 1.165) is 16.9 Å². The monoisotopic (exact) mass is 283 g/mol. The summed E-state index contributed by atoms with van der Waals surface area (Å²) in [5.74, 6) is 0.0157. The van der Waals surface area contributed by atoms with Crippen LogP contribution in [0, 0.1) is 10.1 Å². The average Bonchev–Trinajstić information content (AvgIpc) is 2.50. The lowest BCUT2D eigenvalue weighted by Gasteiger charge is -2.29. The van der Waals surface area contributed by atoms with Gasteiger partial charge in [0.05, 0.1) is 17.2 Å². The second-order valence-corrected chi connectivity index (χ2v) is 4.87. The van der Waals surface area contributed by atoms with Crippen molar-refractivity contribution in [2.75, 3.05) is 4.90 Å². The quantitative estimate of drug-likeness (QED) is 0.640. The van der Waals surface area contributed by atoms with Gasteiger partial charge in [0.15, 0.2) is 0 Å². The van der Waals surface area contributed by atoms with Gasteiger partial charge in [-0.15, -0.1) is 0 Å². The van der Waals surface area contributed by atoms with Gasteiger partial charge in [0.25, 0.3) is 5.69 Å². The van der Waals surface area contributed by atoms with Crippen molar-refractivity contribution in [3.05, 3.63) is 64.0 Å². The van der Waals surface area contributed by atoms with Gasteiger partial charge in [-0.25, -0.2) is 0 Å². The predicted molar refractivity (Wildman–Crippen MR) is 76.8 cm³/mol. The summed E-state index contributed by atoms with van der Waals surface area (Å²) in [6, 6.07) is 10.2.